The van der Waals surface area contributed by atoms with E-state index in [1.54, 1.807) is 12.1 Å². The summed E-state index contributed by atoms with van der Waals surface area (Å²) in [5.41, 5.74) is -0.160. The van der Waals surface area contributed by atoms with Gasteiger partial charge in [-0.25, -0.2) is 4.39 Å². The quantitative estimate of drug-likeness (QED) is 0.862. The highest BCUT2D eigenvalue weighted by Crippen LogP contribution is 2.39. The molecule has 1 N–H and O–H groups in total. The first-order valence-corrected chi connectivity index (χ1v) is 7.36. The zero-order valence-corrected chi connectivity index (χ0v) is 12.5. The molecule has 1 nitrogen and oxygen atoms in total. The fraction of sp³-hybridized carbons (Fsp3) is 0.600. The van der Waals surface area contributed by atoms with Crippen molar-refractivity contribution in [1.82, 2.24) is 0 Å². The third kappa shape index (κ3) is 2.94. The van der Waals surface area contributed by atoms with Gasteiger partial charge in [-0.05, 0) is 48.4 Å². The van der Waals surface area contributed by atoms with Crippen LogP contribution in [0.1, 0.15) is 38.7 Å². The van der Waals surface area contributed by atoms with Crippen LogP contribution in [0.25, 0.3) is 0 Å². The highest BCUT2D eigenvalue weighted by Gasteiger charge is 2.39. The lowest BCUT2D eigenvalue weighted by Gasteiger charge is -2.41. The van der Waals surface area contributed by atoms with E-state index in [1.165, 1.54) is 6.07 Å². The van der Waals surface area contributed by atoms with Crippen LogP contribution in [-0.4, -0.2) is 10.7 Å². The van der Waals surface area contributed by atoms with Gasteiger partial charge < -0.3 is 5.11 Å². The Bertz CT molecular complexity index is 435. The molecule has 0 bridgehead atoms. The van der Waals surface area contributed by atoms with Crippen LogP contribution in [-0.2, 0) is 6.42 Å². The van der Waals surface area contributed by atoms with Gasteiger partial charge in [-0.1, -0.05) is 36.2 Å². The topological polar surface area (TPSA) is 20.2 Å². The molecule has 1 aliphatic carbocycles. The van der Waals surface area contributed by atoms with Gasteiger partial charge in [0.25, 0.3) is 0 Å². The van der Waals surface area contributed by atoms with E-state index in [0.29, 0.717) is 17.9 Å². The predicted molar refractivity (Wildman–Crippen MR) is 74.9 cm³/mol. The number of hydrogen-bond acceptors (Lipinski definition) is 1. The van der Waals surface area contributed by atoms with Gasteiger partial charge in [0.1, 0.15) is 5.82 Å². The van der Waals surface area contributed by atoms with Gasteiger partial charge in [0.2, 0.25) is 0 Å². The second-order valence-corrected chi connectivity index (χ2v) is 6.72. The molecule has 1 aromatic rings. The first kappa shape index (κ1) is 14.0. The van der Waals surface area contributed by atoms with Crippen molar-refractivity contribution in [2.75, 3.05) is 0 Å². The second kappa shape index (κ2) is 5.30. The maximum atomic E-state index is 13.8. The van der Waals surface area contributed by atoms with Crippen LogP contribution in [0.15, 0.2) is 22.7 Å². The monoisotopic (exact) mass is 314 g/mol. The Labute approximate surface area is 117 Å². The molecule has 0 radical (unpaired) electrons. The number of aliphatic hydroxyl groups is 1. The Morgan fingerprint density at radius 3 is 2.83 bits per heavy atom. The van der Waals surface area contributed by atoms with E-state index in [-0.39, 0.29) is 11.7 Å². The van der Waals surface area contributed by atoms with Crippen LogP contribution < -0.4 is 0 Å². The largest absolute Gasteiger partial charge is 0.389 e. The standard InChI is InChI=1S/C15H20BrFO/c1-10-3-4-11(2)15(18,8-10)9-12-7-13(16)5-6-14(12)17/h5-7,10-11,18H,3-4,8-9H2,1-2H3. The van der Waals surface area contributed by atoms with Crippen LogP contribution in [0.3, 0.4) is 0 Å². The van der Waals surface area contributed by atoms with Crippen LogP contribution >= 0.6 is 15.9 Å². The van der Waals surface area contributed by atoms with E-state index in [0.717, 1.165) is 23.7 Å². The minimum Gasteiger partial charge on any atom is -0.389 e. The molecule has 1 aliphatic rings. The Morgan fingerprint density at radius 2 is 2.11 bits per heavy atom. The van der Waals surface area contributed by atoms with Gasteiger partial charge >= 0.3 is 0 Å². The molecule has 0 saturated heterocycles. The van der Waals surface area contributed by atoms with E-state index < -0.39 is 5.60 Å². The maximum Gasteiger partial charge on any atom is 0.126 e. The molecule has 3 heteroatoms. The van der Waals surface area contributed by atoms with Crippen molar-refractivity contribution in [3.8, 4) is 0 Å². The van der Waals surface area contributed by atoms with Gasteiger partial charge in [-0.2, -0.15) is 0 Å². The van der Waals surface area contributed by atoms with Crippen LogP contribution in [0, 0.1) is 17.7 Å². The van der Waals surface area contributed by atoms with Crippen molar-refractivity contribution in [3.05, 3.63) is 34.1 Å². The van der Waals surface area contributed by atoms with Gasteiger partial charge in [0, 0.05) is 10.9 Å². The van der Waals surface area contributed by atoms with Crippen LogP contribution in [0.2, 0.25) is 0 Å². The summed E-state index contributed by atoms with van der Waals surface area (Å²) in [6, 6.07) is 4.93. The Morgan fingerprint density at radius 1 is 1.39 bits per heavy atom. The average molecular weight is 315 g/mol. The van der Waals surface area contributed by atoms with Crippen LogP contribution in [0.5, 0.6) is 0 Å². The zero-order valence-electron chi connectivity index (χ0n) is 10.9. The van der Waals surface area contributed by atoms with Crippen molar-refractivity contribution in [2.24, 2.45) is 11.8 Å². The highest BCUT2D eigenvalue weighted by molar-refractivity contribution is 9.10. The summed E-state index contributed by atoms with van der Waals surface area (Å²) in [5, 5.41) is 10.8. The minimum atomic E-state index is -0.765. The molecule has 0 amide bonds. The Kier molecular flexibility index (Phi) is 4.12. The summed E-state index contributed by atoms with van der Waals surface area (Å²) in [6.07, 6.45) is 3.35. The third-order valence-corrected chi connectivity index (χ3v) is 4.71. The van der Waals surface area contributed by atoms with Gasteiger partial charge in [0.15, 0.2) is 0 Å². The fourth-order valence-corrected chi connectivity index (χ4v) is 3.37. The number of rotatable bonds is 2. The summed E-state index contributed by atoms with van der Waals surface area (Å²) in [7, 11) is 0. The summed E-state index contributed by atoms with van der Waals surface area (Å²) in [5.74, 6) is 0.519. The molecule has 0 aliphatic heterocycles. The molecule has 1 fully saturated rings. The lowest BCUT2D eigenvalue weighted by molar-refractivity contribution is -0.0565. The number of halogens is 2. The zero-order chi connectivity index (χ0) is 13.3. The van der Waals surface area contributed by atoms with Gasteiger partial charge in [0.05, 0.1) is 5.60 Å². The highest BCUT2D eigenvalue weighted by atomic mass is 79.9. The average Bonchev–Trinajstić information content (AvgIpc) is 2.29. The SMILES string of the molecule is CC1CCC(C)C(O)(Cc2cc(Br)ccc2F)C1. The third-order valence-electron chi connectivity index (χ3n) is 4.22. The summed E-state index contributed by atoms with van der Waals surface area (Å²) >= 11 is 3.36. The van der Waals surface area contributed by atoms with Crippen molar-refractivity contribution in [3.63, 3.8) is 0 Å². The van der Waals surface area contributed by atoms with Gasteiger partial charge in [-0.3, -0.25) is 0 Å². The molecule has 0 aromatic heterocycles. The number of benzene rings is 1. The maximum absolute atomic E-state index is 13.8. The van der Waals surface area contributed by atoms with Crippen molar-refractivity contribution in [2.45, 2.75) is 45.1 Å². The second-order valence-electron chi connectivity index (χ2n) is 5.80. The molecular weight excluding hydrogens is 295 g/mol. The molecule has 100 valence electrons. The molecule has 1 saturated carbocycles. The minimum absolute atomic E-state index is 0.225. The Hall–Kier alpha value is -0.410. The molecule has 18 heavy (non-hydrogen) atoms. The Balaban J connectivity index is 2.23. The van der Waals surface area contributed by atoms with Crippen LogP contribution in [0.4, 0.5) is 4.39 Å². The molecule has 0 heterocycles. The first-order valence-electron chi connectivity index (χ1n) is 6.57. The van der Waals surface area contributed by atoms with Gasteiger partial charge in [-0.15, -0.1) is 0 Å². The molecule has 3 atom stereocenters. The predicted octanol–water partition coefficient (Wildman–Crippen LogP) is 4.32. The van der Waals surface area contributed by atoms with Crippen molar-refractivity contribution in [1.29, 1.82) is 0 Å². The van der Waals surface area contributed by atoms with Crippen molar-refractivity contribution >= 4 is 15.9 Å². The summed E-state index contributed by atoms with van der Waals surface area (Å²) < 4.78 is 14.6. The smallest absolute Gasteiger partial charge is 0.126 e. The molecule has 3 unspecified atom stereocenters. The van der Waals surface area contributed by atoms with E-state index in [2.05, 4.69) is 29.8 Å². The lowest BCUT2D eigenvalue weighted by atomic mass is 9.69. The molecule has 2 rings (SSSR count). The van der Waals surface area contributed by atoms with E-state index in [1.807, 2.05) is 0 Å². The molecular formula is C15H20BrFO. The normalized spacial score (nSPS) is 32.5. The van der Waals surface area contributed by atoms with E-state index in [4.69, 9.17) is 0 Å². The summed E-state index contributed by atoms with van der Waals surface area (Å²) in [6.45, 7) is 4.23. The molecule has 0 spiro atoms. The van der Waals surface area contributed by atoms with E-state index in [9.17, 15) is 9.50 Å². The molecule has 1 aromatic carbocycles. The lowest BCUT2D eigenvalue weighted by Crippen LogP contribution is -2.43. The van der Waals surface area contributed by atoms with Crippen molar-refractivity contribution < 1.29 is 9.50 Å². The first-order chi connectivity index (χ1) is 8.40. The summed E-state index contributed by atoms with van der Waals surface area (Å²) in [4.78, 5) is 0. The number of hydrogen-bond donors (Lipinski definition) is 1. The van der Waals surface area contributed by atoms with E-state index >= 15 is 0 Å². The fourth-order valence-electron chi connectivity index (χ4n) is 2.96.